The average Bonchev–Trinajstić information content (AvgIpc) is 2.50. The smallest absolute Gasteiger partial charge is 0.0801 e. The molecule has 0 bridgehead atoms. The fourth-order valence-electron chi connectivity index (χ4n) is 2.23. The number of hydrogen-bond acceptors (Lipinski definition) is 2. The predicted octanol–water partition coefficient (Wildman–Crippen LogP) is 1.41. The van der Waals surface area contributed by atoms with E-state index in [1.54, 1.807) is 0 Å². The summed E-state index contributed by atoms with van der Waals surface area (Å²) in [5.41, 5.74) is 0.553. The lowest BCUT2D eigenvalue weighted by Gasteiger charge is -2.26. The molecule has 0 radical (unpaired) electrons. The van der Waals surface area contributed by atoms with Gasteiger partial charge in [-0.2, -0.15) is 0 Å². The second kappa shape index (κ2) is 2.71. The molecule has 1 saturated carbocycles. The van der Waals surface area contributed by atoms with E-state index in [-0.39, 0.29) is 17.9 Å². The molecular weight excluding hydrogens is 152 g/mol. The molecule has 1 rings (SSSR count). The summed E-state index contributed by atoms with van der Waals surface area (Å²) in [6.45, 7) is 8.53. The van der Waals surface area contributed by atoms with Crippen molar-refractivity contribution >= 4 is 0 Å². The Bertz CT molecular complexity index is 177. The Morgan fingerprint density at radius 3 is 2.00 bits per heavy atom. The van der Waals surface area contributed by atoms with Gasteiger partial charge in [-0.3, -0.25) is 0 Å². The molecule has 0 aromatic heterocycles. The normalized spacial score (nSPS) is 37.5. The largest absolute Gasteiger partial charge is 0.394 e. The SMILES string of the molecule is CC(C(O)CO)C1(C)CC1(C)C. The molecule has 2 N–H and O–H groups in total. The first kappa shape index (κ1) is 10.0. The van der Waals surface area contributed by atoms with Gasteiger partial charge in [0, 0.05) is 0 Å². The average molecular weight is 172 g/mol. The molecule has 0 saturated heterocycles. The highest BCUT2D eigenvalue weighted by Crippen LogP contribution is 2.67. The minimum Gasteiger partial charge on any atom is -0.394 e. The van der Waals surface area contributed by atoms with Crippen molar-refractivity contribution in [1.82, 2.24) is 0 Å². The van der Waals surface area contributed by atoms with Crippen LogP contribution in [0, 0.1) is 16.7 Å². The number of hydrogen-bond donors (Lipinski definition) is 2. The van der Waals surface area contributed by atoms with Crippen molar-refractivity contribution in [3.63, 3.8) is 0 Å². The van der Waals surface area contributed by atoms with E-state index in [0.29, 0.717) is 5.41 Å². The van der Waals surface area contributed by atoms with E-state index in [4.69, 9.17) is 5.11 Å². The van der Waals surface area contributed by atoms with Crippen molar-refractivity contribution in [3.05, 3.63) is 0 Å². The Kier molecular flexibility index (Phi) is 2.26. The van der Waals surface area contributed by atoms with Crippen LogP contribution in [0.15, 0.2) is 0 Å². The lowest BCUT2D eigenvalue weighted by Crippen LogP contribution is -2.30. The number of aliphatic hydroxyl groups excluding tert-OH is 2. The molecule has 72 valence electrons. The molecule has 2 nitrogen and oxygen atoms in total. The molecule has 3 atom stereocenters. The minimum absolute atomic E-state index is 0.118. The fourth-order valence-corrected chi connectivity index (χ4v) is 2.23. The molecule has 0 aromatic carbocycles. The van der Waals surface area contributed by atoms with Gasteiger partial charge in [-0.25, -0.2) is 0 Å². The van der Waals surface area contributed by atoms with Crippen molar-refractivity contribution in [2.45, 2.75) is 40.2 Å². The van der Waals surface area contributed by atoms with E-state index in [1.165, 1.54) is 0 Å². The summed E-state index contributed by atoms with van der Waals surface area (Å²) < 4.78 is 0. The monoisotopic (exact) mass is 172 g/mol. The third-order valence-electron chi connectivity index (χ3n) is 4.00. The van der Waals surface area contributed by atoms with Gasteiger partial charge in [-0.15, -0.1) is 0 Å². The van der Waals surface area contributed by atoms with Gasteiger partial charge in [0.25, 0.3) is 0 Å². The van der Waals surface area contributed by atoms with Gasteiger partial charge in [0.1, 0.15) is 0 Å². The summed E-state index contributed by atoms with van der Waals surface area (Å²) in [6.07, 6.45) is 0.592. The molecule has 2 heteroatoms. The molecule has 1 aliphatic rings. The Morgan fingerprint density at radius 2 is 1.75 bits per heavy atom. The maximum Gasteiger partial charge on any atom is 0.0801 e. The molecular formula is C10H20O2. The summed E-state index contributed by atoms with van der Waals surface area (Å²) in [5.74, 6) is 0.192. The van der Waals surface area contributed by atoms with Crippen LogP contribution in [0.5, 0.6) is 0 Å². The third-order valence-corrected chi connectivity index (χ3v) is 4.00. The lowest BCUT2D eigenvalue weighted by molar-refractivity contribution is 0.0196. The summed E-state index contributed by atoms with van der Waals surface area (Å²) in [4.78, 5) is 0. The quantitative estimate of drug-likeness (QED) is 0.675. The zero-order valence-corrected chi connectivity index (χ0v) is 8.46. The predicted molar refractivity (Wildman–Crippen MR) is 48.8 cm³/mol. The molecule has 1 fully saturated rings. The topological polar surface area (TPSA) is 40.5 Å². The summed E-state index contributed by atoms with van der Waals surface area (Å²) in [5, 5.41) is 18.3. The maximum absolute atomic E-state index is 9.48. The van der Waals surface area contributed by atoms with E-state index < -0.39 is 6.10 Å². The van der Waals surface area contributed by atoms with Gasteiger partial charge in [0.2, 0.25) is 0 Å². The van der Waals surface area contributed by atoms with Crippen LogP contribution >= 0.6 is 0 Å². The van der Waals surface area contributed by atoms with Gasteiger partial charge in [0.05, 0.1) is 12.7 Å². The first-order valence-electron chi connectivity index (χ1n) is 4.64. The standard InChI is InChI=1S/C10H20O2/c1-7(8(12)5-11)10(4)6-9(10,2)3/h7-8,11-12H,5-6H2,1-4H3. The van der Waals surface area contributed by atoms with Crippen molar-refractivity contribution in [2.75, 3.05) is 6.61 Å². The van der Waals surface area contributed by atoms with Gasteiger partial charge in [0.15, 0.2) is 0 Å². The second-order valence-corrected chi connectivity index (χ2v) is 5.02. The van der Waals surface area contributed by atoms with Crippen LogP contribution < -0.4 is 0 Å². The van der Waals surface area contributed by atoms with Crippen LogP contribution in [0.25, 0.3) is 0 Å². The van der Waals surface area contributed by atoms with Crippen LogP contribution in [0.2, 0.25) is 0 Å². The highest BCUT2D eigenvalue weighted by molar-refractivity contribution is 5.09. The molecule has 1 aliphatic carbocycles. The van der Waals surface area contributed by atoms with E-state index in [0.717, 1.165) is 6.42 Å². The summed E-state index contributed by atoms with van der Waals surface area (Å²) >= 11 is 0. The van der Waals surface area contributed by atoms with Gasteiger partial charge in [-0.1, -0.05) is 27.7 Å². The fraction of sp³-hybridized carbons (Fsp3) is 1.00. The Balaban J connectivity index is 2.61. The zero-order valence-electron chi connectivity index (χ0n) is 8.46. The van der Waals surface area contributed by atoms with Crippen LogP contribution in [-0.4, -0.2) is 22.9 Å². The van der Waals surface area contributed by atoms with E-state index in [1.807, 2.05) is 6.92 Å². The molecule has 0 aliphatic heterocycles. The zero-order chi connectivity index (χ0) is 9.57. The van der Waals surface area contributed by atoms with Crippen LogP contribution in [0.4, 0.5) is 0 Å². The number of aliphatic hydroxyl groups is 2. The lowest BCUT2D eigenvalue weighted by atomic mass is 9.82. The molecule has 0 heterocycles. The van der Waals surface area contributed by atoms with Gasteiger partial charge < -0.3 is 10.2 Å². The van der Waals surface area contributed by atoms with Crippen LogP contribution in [-0.2, 0) is 0 Å². The number of rotatable bonds is 3. The van der Waals surface area contributed by atoms with Crippen molar-refractivity contribution in [1.29, 1.82) is 0 Å². The second-order valence-electron chi connectivity index (χ2n) is 5.02. The first-order valence-corrected chi connectivity index (χ1v) is 4.64. The van der Waals surface area contributed by atoms with E-state index in [9.17, 15) is 5.11 Å². The highest BCUT2D eigenvalue weighted by Gasteiger charge is 2.61. The van der Waals surface area contributed by atoms with Gasteiger partial charge in [-0.05, 0) is 23.2 Å². The summed E-state index contributed by atoms with van der Waals surface area (Å²) in [6, 6.07) is 0. The third kappa shape index (κ3) is 1.27. The Morgan fingerprint density at radius 1 is 1.33 bits per heavy atom. The van der Waals surface area contributed by atoms with Crippen LogP contribution in [0.1, 0.15) is 34.1 Å². The Hall–Kier alpha value is -0.0800. The Labute approximate surface area is 74.6 Å². The maximum atomic E-state index is 9.48. The van der Waals surface area contributed by atoms with Gasteiger partial charge >= 0.3 is 0 Å². The van der Waals surface area contributed by atoms with E-state index in [2.05, 4.69) is 20.8 Å². The molecule has 0 amide bonds. The molecule has 12 heavy (non-hydrogen) atoms. The summed E-state index contributed by atoms with van der Waals surface area (Å²) in [7, 11) is 0. The molecule has 0 spiro atoms. The van der Waals surface area contributed by atoms with E-state index >= 15 is 0 Å². The van der Waals surface area contributed by atoms with Crippen molar-refractivity contribution in [3.8, 4) is 0 Å². The molecule has 0 aromatic rings. The minimum atomic E-state index is -0.559. The van der Waals surface area contributed by atoms with Crippen molar-refractivity contribution < 1.29 is 10.2 Å². The first-order chi connectivity index (χ1) is 5.35. The van der Waals surface area contributed by atoms with Crippen molar-refractivity contribution in [2.24, 2.45) is 16.7 Å². The molecule has 3 unspecified atom stereocenters. The van der Waals surface area contributed by atoms with Crippen LogP contribution in [0.3, 0.4) is 0 Å². The highest BCUT2D eigenvalue weighted by atomic mass is 16.3.